The quantitative estimate of drug-likeness (QED) is 0.304. The van der Waals surface area contributed by atoms with E-state index in [9.17, 15) is 23.5 Å². The molecule has 2 aromatic heterocycles. The highest BCUT2D eigenvalue weighted by Crippen LogP contribution is 2.31. The molecule has 10 nitrogen and oxygen atoms in total. The van der Waals surface area contributed by atoms with Gasteiger partial charge in [-0.2, -0.15) is 5.26 Å². The topological polar surface area (TPSA) is 133 Å². The van der Waals surface area contributed by atoms with Crippen LogP contribution in [0.2, 0.25) is 0 Å². The molecule has 2 aliphatic heterocycles. The molecule has 2 aliphatic rings. The Morgan fingerprint density at radius 2 is 1.84 bits per heavy atom. The number of amides is 1. The second-order valence-electron chi connectivity index (χ2n) is 10.8. The van der Waals surface area contributed by atoms with Gasteiger partial charge in [0.1, 0.15) is 23.3 Å². The zero-order valence-electron chi connectivity index (χ0n) is 23.1. The van der Waals surface area contributed by atoms with Crippen molar-refractivity contribution in [2.75, 3.05) is 25.0 Å². The van der Waals surface area contributed by atoms with Crippen molar-refractivity contribution in [2.24, 2.45) is 0 Å². The Bertz CT molecular complexity index is 1760. The number of anilines is 1. The first-order chi connectivity index (χ1) is 20.8. The lowest BCUT2D eigenvalue weighted by Gasteiger charge is -2.32. The number of nitrogens with zero attached hydrogens (tertiary/aromatic N) is 5. The molecule has 4 heterocycles. The first-order valence-electron chi connectivity index (χ1n) is 14.0. The zero-order valence-corrected chi connectivity index (χ0v) is 23.1. The molecule has 2 aromatic carbocycles. The van der Waals surface area contributed by atoms with Crippen LogP contribution < -0.4 is 5.32 Å². The van der Waals surface area contributed by atoms with E-state index in [2.05, 4.69) is 15.2 Å². The average Bonchev–Trinajstić information content (AvgIpc) is 3.31. The maximum atomic E-state index is 14.9. The second kappa shape index (κ2) is 11.9. The molecule has 12 heteroatoms. The highest BCUT2D eigenvalue weighted by molar-refractivity contribution is 6.04. The van der Waals surface area contributed by atoms with E-state index in [-0.39, 0.29) is 40.2 Å². The number of carboxylic acid groups (broad SMARTS) is 1. The van der Waals surface area contributed by atoms with Crippen molar-refractivity contribution in [3.05, 3.63) is 88.4 Å². The summed E-state index contributed by atoms with van der Waals surface area (Å²) in [7, 11) is 0. The number of nitrogens with one attached hydrogen (secondary N) is 1. The summed E-state index contributed by atoms with van der Waals surface area (Å²) in [6, 6.07) is 12.9. The summed E-state index contributed by atoms with van der Waals surface area (Å²) in [4.78, 5) is 35.6. The number of pyridine rings is 1. The number of carbonyl (C=O) groups excluding carboxylic acids is 1. The lowest BCUT2D eigenvalue weighted by atomic mass is 9.92. The zero-order chi connectivity index (χ0) is 30.1. The lowest BCUT2D eigenvalue weighted by Crippen LogP contribution is -2.35. The van der Waals surface area contributed by atoms with Gasteiger partial charge in [0, 0.05) is 12.5 Å². The van der Waals surface area contributed by atoms with E-state index >= 15 is 0 Å². The molecule has 2 saturated heterocycles. The number of halogens is 2. The smallest absolute Gasteiger partial charge is 0.335 e. The molecular weight excluding hydrogens is 558 g/mol. The number of carbonyl (C=O) groups is 2. The van der Waals surface area contributed by atoms with Crippen LogP contribution in [0.4, 0.5) is 14.6 Å². The molecule has 2 N–H and O–H groups in total. The summed E-state index contributed by atoms with van der Waals surface area (Å²) in [6.45, 7) is 3.15. The number of ether oxygens (including phenoxy) is 1. The molecule has 2 fully saturated rings. The van der Waals surface area contributed by atoms with Gasteiger partial charge < -0.3 is 19.7 Å². The third kappa shape index (κ3) is 5.95. The van der Waals surface area contributed by atoms with Gasteiger partial charge in [0.25, 0.3) is 5.91 Å². The van der Waals surface area contributed by atoms with Crippen LogP contribution in [0.15, 0.2) is 48.5 Å². The van der Waals surface area contributed by atoms with Crippen LogP contribution in [0.5, 0.6) is 0 Å². The van der Waals surface area contributed by atoms with Gasteiger partial charge in [0.05, 0.1) is 58.7 Å². The maximum absolute atomic E-state index is 14.9. The van der Waals surface area contributed by atoms with Crippen LogP contribution in [0.1, 0.15) is 63.0 Å². The number of carboxylic acids is 1. The molecule has 43 heavy (non-hydrogen) atoms. The SMILES string of the molecule is N#Cc1ccc(C(=O)Nc2ccc(F)c(C3CCN(Cc4nc5ccc(C(=O)O)cc5n4CC4CCO4)CC3)n2)c(F)c1. The summed E-state index contributed by atoms with van der Waals surface area (Å²) in [5, 5.41) is 20.9. The van der Waals surface area contributed by atoms with E-state index in [1.54, 1.807) is 18.2 Å². The Balaban J connectivity index is 1.14. The molecule has 0 spiro atoms. The first kappa shape index (κ1) is 28.4. The maximum Gasteiger partial charge on any atom is 0.335 e. The van der Waals surface area contributed by atoms with E-state index in [0.717, 1.165) is 29.3 Å². The molecular formula is C31H28F2N6O4. The molecule has 0 saturated carbocycles. The summed E-state index contributed by atoms with van der Waals surface area (Å²) >= 11 is 0. The number of nitriles is 1. The van der Waals surface area contributed by atoms with Crippen LogP contribution in [-0.4, -0.2) is 62.2 Å². The minimum atomic E-state index is -0.996. The van der Waals surface area contributed by atoms with E-state index in [0.29, 0.717) is 45.6 Å². The number of aromatic nitrogens is 3. The average molecular weight is 587 g/mol. The Morgan fingerprint density at radius 1 is 1.05 bits per heavy atom. The summed E-state index contributed by atoms with van der Waals surface area (Å²) in [5.41, 5.74) is 1.78. The minimum absolute atomic E-state index is 0.0607. The third-order valence-electron chi connectivity index (χ3n) is 8.05. The van der Waals surface area contributed by atoms with Gasteiger partial charge in [-0.05, 0) is 80.9 Å². The van der Waals surface area contributed by atoms with Crippen LogP contribution >= 0.6 is 0 Å². The highest BCUT2D eigenvalue weighted by atomic mass is 19.1. The van der Waals surface area contributed by atoms with Crippen LogP contribution in [0.25, 0.3) is 11.0 Å². The van der Waals surface area contributed by atoms with Crippen molar-refractivity contribution in [3.63, 3.8) is 0 Å². The standard InChI is InChI=1S/C31H28F2N6O4/c32-23-4-6-27(37-30(40)22-3-1-18(15-34)13-24(22)33)36-29(23)19-7-10-38(11-8-19)17-28-35-25-5-2-20(31(41)42)14-26(25)39(28)16-21-9-12-43-21/h1-6,13-14,19,21H,7-12,16-17H2,(H,41,42)(H,36,37,40). The van der Waals surface area contributed by atoms with Gasteiger partial charge in [0.2, 0.25) is 0 Å². The normalized spacial score (nSPS) is 17.4. The number of fused-ring (bicyclic) bond motifs is 1. The number of rotatable bonds is 8. The van der Waals surface area contributed by atoms with Crippen LogP contribution in [-0.2, 0) is 17.8 Å². The lowest BCUT2D eigenvalue weighted by molar-refractivity contribution is -0.0592. The fraction of sp³-hybridized carbons (Fsp3) is 0.323. The highest BCUT2D eigenvalue weighted by Gasteiger charge is 2.28. The van der Waals surface area contributed by atoms with E-state index < -0.39 is 23.5 Å². The Hall–Kier alpha value is -4.73. The largest absolute Gasteiger partial charge is 0.478 e. The number of benzene rings is 2. The van der Waals surface area contributed by atoms with E-state index in [1.807, 2.05) is 10.6 Å². The molecule has 220 valence electrons. The molecule has 1 amide bonds. The van der Waals surface area contributed by atoms with Gasteiger partial charge in [-0.15, -0.1) is 0 Å². The summed E-state index contributed by atoms with van der Waals surface area (Å²) in [5.74, 6) is -2.30. The van der Waals surface area contributed by atoms with Crippen molar-refractivity contribution in [3.8, 4) is 6.07 Å². The van der Waals surface area contributed by atoms with Crippen LogP contribution in [0.3, 0.4) is 0 Å². The van der Waals surface area contributed by atoms with Crippen molar-refractivity contribution in [1.82, 2.24) is 19.4 Å². The van der Waals surface area contributed by atoms with Gasteiger partial charge in [0.15, 0.2) is 0 Å². The summed E-state index contributed by atoms with van der Waals surface area (Å²) < 4.78 is 36.9. The third-order valence-corrected chi connectivity index (χ3v) is 8.05. The minimum Gasteiger partial charge on any atom is -0.478 e. The Kier molecular flexibility index (Phi) is 7.84. The van der Waals surface area contributed by atoms with Gasteiger partial charge >= 0.3 is 5.97 Å². The first-order valence-corrected chi connectivity index (χ1v) is 14.0. The molecule has 0 aliphatic carbocycles. The van der Waals surface area contributed by atoms with Crippen LogP contribution in [0, 0.1) is 23.0 Å². The second-order valence-corrected chi connectivity index (χ2v) is 10.8. The number of hydrogen-bond donors (Lipinski definition) is 2. The summed E-state index contributed by atoms with van der Waals surface area (Å²) in [6.07, 6.45) is 2.25. The number of piperidine rings is 1. The van der Waals surface area contributed by atoms with Crippen molar-refractivity contribution < 1.29 is 28.2 Å². The van der Waals surface area contributed by atoms with Gasteiger partial charge in [-0.1, -0.05) is 0 Å². The Labute approximate surface area is 245 Å². The number of likely N-dealkylation sites (tertiary alicyclic amines) is 1. The van der Waals surface area contributed by atoms with Crippen molar-refractivity contribution >= 4 is 28.7 Å². The fourth-order valence-corrected chi connectivity index (χ4v) is 5.59. The molecule has 0 radical (unpaired) electrons. The monoisotopic (exact) mass is 586 g/mol. The van der Waals surface area contributed by atoms with Gasteiger partial charge in [-0.3, -0.25) is 9.69 Å². The van der Waals surface area contributed by atoms with E-state index in [1.165, 1.54) is 24.3 Å². The molecule has 0 bridgehead atoms. The molecule has 6 rings (SSSR count). The molecule has 4 aromatic rings. The Morgan fingerprint density at radius 3 is 2.51 bits per heavy atom. The predicted molar refractivity (Wildman–Crippen MR) is 152 cm³/mol. The molecule has 1 unspecified atom stereocenters. The molecule has 1 atom stereocenters. The van der Waals surface area contributed by atoms with Crippen molar-refractivity contribution in [1.29, 1.82) is 5.26 Å². The number of aromatic carboxylic acids is 1. The van der Waals surface area contributed by atoms with Crippen molar-refractivity contribution in [2.45, 2.75) is 44.4 Å². The number of hydrogen-bond acceptors (Lipinski definition) is 7. The fourth-order valence-electron chi connectivity index (χ4n) is 5.59. The van der Waals surface area contributed by atoms with E-state index in [4.69, 9.17) is 15.0 Å². The predicted octanol–water partition coefficient (Wildman–Crippen LogP) is 4.70. The van der Waals surface area contributed by atoms with Gasteiger partial charge in [-0.25, -0.2) is 23.5 Å². The number of imidazole rings is 1.